The molecule has 4 rings (SSSR count). The number of rotatable bonds is 5. The average molecular weight is 430 g/mol. The van der Waals surface area contributed by atoms with Crippen LogP contribution in [0.2, 0.25) is 0 Å². The molecule has 32 heavy (non-hydrogen) atoms. The molecule has 3 N–H and O–H groups in total. The maximum atomic E-state index is 11.1. The van der Waals surface area contributed by atoms with Crippen LogP contribution in [0.3, 0.4) is 0 Å². The molecule has 1 aliphatic rings. The summed E-state index contributed by atoms with van der Waals surface area (Å²) >= 11 is 0. The number of nitrogens with zero attached hydrogens (tertiary/aromatic N) is 1. The summed E-state index contributed by atoms with van der Waals surface area (Å²) in [6.07, 6.45) is 6.43. The average Bonchev–Trinajstić information content (AvgIpc) is 3.19. The van der Waals surface area contributed by atoms with Gasteiger partial charge in [0.15, 0.2) is 0 Å². The van der Waals surface area contributed by atoms with Crippen molar-refractivity contribution in [3.05, 3.63) is 83.1 Å². The largest absolute Gasteiger partial charge is 0.357 e. The fourth-order valence-electron chi connectivity index (χ4n) is 4.36. The molecule has 0 aliphatic carbocycles. The van der Waals surface area contributed by atoms with E-state index in [4.69, 9.17) is 5.21 Å². The second-order valence-electron chi connectivity index (χ2n) is 9.45. The van der Waals surface area contributed by atoms with E-state index in [1.54, 1.807) is 11.6 Å². The van der Waals surface area contributed by atoms with Crippen LogP contribution in [0.15, 0.2) is 60.7 Å². The van der Waals surface area contributed by atoms with Crippen LogP contribution < -0.4 is 5.48 Å². The van der Waals surface area contributed by atoms with Gasteiger partial charge < -0.3 is 4.98 Å². The Morgan fingerprint density at radius 3 is 2.62 bits per heavy atom. The number of aromatic nitrogens is 1. The Morgan fingerprint density at radius 1 is 1.16 bits per heavy atom. The standard InChI is InChI=1S/C27H31N3O2/c1-27(2,3)26-25(22-8-4-5-9-23(22)28-26)21-7-6-16-30(18-21)17-20-12-10-19(11-13-20)14-15-24(31)29-32/h4-5,7-15,28,32H,6,16-18H2,1-3H3,(H,29,31). The minimum Gasteiger partial charge on any atom is -0.357 e. The number of carbonyl (C=O) groups excluding carboxylic acids is 1. The lowest BCUT2D eigenvalue weighted by Crippen LogP contribution is -2.29. The van der Waals surface area contributed by atoms with E-state index in [2.05, 4.69) is 73.1 Å². The molecule has 0 saturated heterocycles. The molecule has 1 aromatic heterocycles. The van der Waals surface area contributed by atoms with Crippen molar-refractivity contribution in [2.24, 2.45) is 0 Å². The molecule has 0 unspecified atom stereocenters. The fourth-order valence-corrected chi connectivity index (χ4v) is 4.36. The van der Waals surface area contributed by atoms with Crippen molar-refractivity contribution in [3.8, 4) is 0 Å². The molecule has 3 aromatic rings. The highest BCUT2D eigenvalue weighted by Gasteiger charge is 2.26. The lowest BCUT2D eigenvalue weighted by atomic mass is 9.85. The molecule has 5 heteroatoms. The second kappa shape index (κ2) is 9.15. The monoisotopic (exact) mass is 429 g/mol. The highest BCUT2D eigenvalue weighted by atomic mass is 16.5. The van der Waals surface area contributed by atoms with Gasteiger partial charge in [0.2, 0.25) is 0 Å². The highest BCUT2D eigenvalue weighted by Crippen LogP contribution is 2.37. The number of carbonyl (C=O) groups is 1. The van der Waals surface area contributed by atoms with Gasteiger partial charge in [0, 0.05) is 53.3 Å². The molecule has 1 aliphatic heterocycles. The number of H-pyrrole nitrogens is 1. The number of hydrogen-bond donors (Lipinski definition) is 3. The van der Waals surface area contributed by atoms with E-state index in [1.165, 1.54) is 39.4 Å². The Balaban J connectivity index is 1.53. The number of fused-ring (bicyclic) bond motifs is 1. The van der Waals surface area contributed by atoms with Gasteiger partial charge in [-0.05, 0) is 35.3 Å². The zero-order chi connectivity index (χ0) is 22.7. The molecule has 0 radical (unpaired) electrons. The van der Waals surface area contributed by atoms with Crippen molar-refractivity contribution in [3.63, 3.8) is 0 Å². The van der Waals surface area contributed by atoms with Gasteiger partial charge in [0.25, 0.3) is 5.91 Å². The van der Waals surface area contributed by atoms with Crippen molar-refractivity contribution >= 4 is 28.5 Å². The summed E-state index contributed by atoms with van der Waals surface area (Å²) < 4.78 is 0. The van der Waals surface area contributed by atoms with Crippen LogP contribution >= 0.6 is 0 Å². The summed E-state index contributed by atoms with van der Waals surface area (Å²) in [6.45, 7) is 9.64. The minimum atomic E-state index is -0.534. The molecule has 166 valence electrons. The smallest absolute Gasteiger partial charge is 0.267 e. The van der Waals surface area contributed by atoms with Gasteiger partial charge in [-0.25, -0.2) is 5.48 Å². The van der Waals surface area contributed by atoms with E-state index in [9.17, 15) is 4.79 Å². The van der Waals surface area contributed by atoms with Crippen molar-refractivity contribution in [2.75, 3.05) is 13.1 Å². The second-order valence-corrected chi connectivity index (χ2v) is 9.45. The molecular weight excluding hydrogens is 398 g/mol. The van der Waals surface area contributed by atoms with Crippen LogP contribution in [-0.2, 0) is 16.8 Å². The zero-order valence-corrected chi connectivity index (χ0v) is 19.0. The molecule has 5 nitrogen and oxygen atoms in total. The SMILES string of the molecule is CC(C)(C)c1[nH]c2ccccc2c1C1=CCCN(Cc2ccc(C=CC(=O)NO)cc2)C1. The van der Waals surface area contributed by atoms with Gasteiger partial charge in [-0.1, -0.05) is 69.3 Å². The van der Waals surface area contributed by atoms with Crippen molar-refractivity contribution < 1.29 is 10.0 Å². The van der Waals surface area contributed by atoms with E-state index in [1.807, 2.05) is 12.1 Å². The molecule has 0 saturated carbocycles. The Kier molecular flexibility index (Phi) is 6.31. The Bertz CT molecular complexity index is 1160. The molecule has 2 heterocycles. The predicted octanol–water partition coefficient (Wildman–Crippen LogP) is 5.27. The van der Waals surface area contributed by atoms with Crippen molar-refractivity contribution in [2.45, 2.75) is 39.2 Å². The van der Waals surface area contributed by atoms with E-state index in [0.717, 1.165) is 31.6 Å². The summed E-state index contributed by atoms with van der Waals surface area (Å²) in [5.41, 5.74) is 9.06. The number of para-hydroxylation sites is 1. The first kappa shape index (κ1) is 22.1. The third kappa shape index (κ3) is 4.85. The van der Waals surface area contributed by atoms with Crippen LogP contribution in [0.4, 0.5) is 0 Å². The summed E-state index contributed by atoms with van der Waals surface area (Å²) in [7, 11) is 0. The number of nitrogens with one attached hydrogen (secondary N) is 2. The molecule has 0 spiro atoms. The fraction of sp³-hybridized carbons (Fsp3) is 0.296. The van der Waals surface area contributed by atoms with Crippen LogP contribution in [0.5, 0.6) is 0 Å². The number of hydrogen-bond acceptors (Lipinski definition) is 3. The van der Waals surface area contributed by atoms with Gasteiger partial charge >= 0.3 is 0 Å². The van der Waals surface area contributed by atoms with Gasteiger partial charge in [0.1, 0.15) is 0 Å². The van der Waals surface area contributed by atoms with Crippen molar-refractivity contribution in [1.29, 1.82) is 0 Å². The first-order chi connectivity index (χ1) is 15.3. The number of amides is 1. The van der Waals surface area contributed by atoms with Gasteiger partial charge in [-0.2, -0.15) is 0 Å². The third-order valence-corrected chi connectivity index (χ3v) is 5.93. The Labute approximate surface area is 189 Å². The number of aromatic amines is 1. The van der Waals surface area contributed by atoms with Crippen molar-refractivity contribution in [1.82, 2.24) is 15.4 Å². The van der Waals surface area contributed by atoms with Gasteiger partial charge in [0.05, 0.1) is 0 Å². The number of hydroxylamine groups is 1. The molecule has 2 aromatic carbocycles. The molecular formula is C27H31N3O2. The zero-order valence-electron chi connectivity index (χ0n) is 19.0. The number of benzene rings is 2. The van der Waals surface area contributed by atoms with Gasteiger partial charge in [-0.3, -0.25) is 14.9 Å². The van der Waals surface area contributed by atoms with E-state index in [0.29, 0.717) is 0 Å². The van der Waals surface area contributed by atoms with E-state index < -0.39 is 5.91 Å². The third-order valence-electron chi connectivity index (χ3n) is 5.93. The van der Waals surface area contributed by atoms with Crippen LogP contribution in [-0.4, -0.2) is 34.1 Å². The lowest BCUT2D eigenvalue weighted by molar-refractivity contribution is -0.124. The summed E-state index contributed by atoms with van der Waals surface area (Å²) in [4.78, 5) is 17.3. The van der Waals surface area contributed by atoms with E-state index >= 15 is 0 Å². The lowest BCUT2D eigenvalue weighted by Gasteiger charge is -2.29. The molecule has 0 bridgehead atoms. The predicted molar refractivity (Wildman–Crippen MR) is 130 cm³/mol. The highest BCUT2D eigenvalue weighted by molar-refractivity contribution is 5.95. The molecule has 1 amide bonds. The van der Waals surface area contributed by atoms with Crippen LogP contribution in [0.1, 0.15) is 49.6 Å². The summed E-state index contributed by atoms with van der Waals surface area (Å²) in [5.74, 6) is -0.534. The molecule has 0 fully saturated rings. The quantitative estimate of drug-likeness (QED) is 0.294. The van der Waals surface area contributed by atoms with E-state index in [-0.39, 0.29) is 5.41 Å². The van der Waals surface area contributed by atoms with Crippen LogP contribution in [0, 0.1) is 0 Å². The molecule has 0 atom stereocenters. The summed E-state index contributed by atoms with van der Waals surface area (Å²) in [6, 6.07) is 16.8. The normalized spacial score (nSPS) is 15.3. The minimum absolute atomic E-state index is 0.0355. The maximum Gasteiger partial charge on any atom is 0.267 e. The topological polar surface area (TPSA) is 68.4 Å². The Hall–Kier alpha value is -3.15. The summed E-state index contributed by atoms with van der Waals surface area (Å²) in [5, 5.41) is 9.89. The first-order valence-electron chi connectivity index (χ1n) is 11.1. The van der Waals surface area contributed by atoms with Gasteiger partial charge in [-0.15, -0.1) is 0 Å². The maximum absolute atomic E-state index is 11.1. The van der Waals surface area contributed by atoms with Crippen LogP contribution in [0.25, 0.3) is 22.6 Å². The first-order valence-corrected chi connectivity index (χ1v) is 11.1. The Morgan fingerprint density at radius 2 is 1.91 bits per heavy atom.